The van der Waals surface area contributed by atoms with Crippen LogP contribution in [0, 0.1) is 5.92 Å². The van der Waals surface area contributed by atoms with Crippen molar-refractivity contribution in [1.29, 1.82) is 0 Å². The summed E-state index contributed by atoms with van der Waals surface area (Å²) in [6, 6.07) is 0. The first-order valence-corrected chi connectivity index (χ1v) is 6.21. The van der Waals surface area contributed by atoms with Gasteiger partial charge in [-0.1, -0.05) is 29.8 Å². The molecule has 1 unspecified atom stereocenters. The van der Waals surface area contributed by atoms with E-state index in [2.05, 4.69) is 29.8 Å². The molecule has 0 spiro atoms. The molecule has 0 aromatic carbocycles. The van der Waals surface area contributed by atoms with Crippen molar-refractivity contribution >= 4 is 21.8 Å². The Bertz CT molecular complexity index is 197. The number of nitrogens with zero attached hydrogens (tertiary/aromatic N) is 1. The minimum atomic E-state index is 0.167. The van der Waals surface area contributed by atoms with E-state index in [0.717, 1.165) is 18.4 Å². The van der Waals surface area contributed by atoms with E-state index in [1.807, 2.05) is 4.90 Å². The van der Waals surface area contributed by atoms with Crippen molar-refractivity contribution in [2.75, 3.05) is 25.0 Å². The molecule has 0 aliphatic carbocycles. The van der Waals surface area contributed by atoms with E-state index in [4.69, 9.17) is 4.74 Å². The van der Waals surface area contributed by atoms with E-state index in [-0.39, 0.29) is 12.0 Å². The van der Waals surface area contributed by atoms with E-state index in [1.54, 1.807) is 0 Å². The number of hydrogen-bond acceptors (Lipinski definition) is 2. The quantitative estimate of drug-likeness (QED) is 0.725. The molecule has 0 bridgehead atoms. The fraction of sp³-hybridized carbons (Fsp3) is 0.900. The van der Waals surface area contributed by atoms with Crippen molar-refractivity contribution in [2.24, 2.45) is 5.92 Å². The average Bonchev–Trinajstić information content (AvgIpc) is 2.17. The zero-order chi connectivity index (χ0) is 10.6. The Balaban J connectivity index is 2.39. The molecule has 1 saturated heterocycles. The zero-order valence-corrected chi connectivity index (χ0v) is 10.4. The van der Waals surface area contributed by atoms with Crippen LogP contribution in [0.25, 0.3) is 0 Å². The number of carbonyl (C=O) groups is 1. The minimum absolute atomic E-state index is 0.167. The summed E-state index contributed by atoms with van der Waals surface area (Å²) in [4.78, 5) is 13.6. The fourth-order valence-corrected chi connectivity index (χ4v) is 1.91. The summed E-state index contributed by atoms with van der Waals surface area (Å²) in [7, 11) is 0. The highest BCUT2D eigenvalue weighted by Crippen LogP contribution is 2.11. The molecule has 1 heterocycles. The third kappa shape index (κ3) is 3.58. The molecule has 0 N–H and O–H groups in total. The van der Waals surface area contributed by atoms with Gasteiger partial charge in [0.2, 0.25) is 5.91 Å². The molecular formula is C10H18BrNO2. The van der Waals surface area contributed by atoms with Crippen LogP contribution in [0.5, 0.6) is 0 Å². The number of amides is 1. The van der Waals surface area contributed by atoms with E-state index >= 15 is 0 Å². The van der Waals surface area contributed by atoms with E-state index in [0.29, 0.717) is 18.9 Å². The predicted molar refractivity (Wildman–Crippen MR) is 59.6 cm³/mol. The molecule has 3 nitrogen and oxygen atoms in total. The summed E-state index contributed by atoms with van der Waals surface area (Å²) in [6.45, 7) is 6.28. The van der Waals surface area contributed by atoms with Gasteiger partial charge in [-0.2, -0.15) is 0 Å². The van der Waals surface area contributed by atoms with Crippen molar-refractivity contribution in [3.63, 3.8) is 0 Å². The Morgan fingerprint density at radius 1 is 1.64 bits per heavy atom. The smallest absolute Gasteiger partial charge is 0.222 e. The molecule has 0 radical (unpaired) electrons. The monoisotopic (exact) mass is 263 g/mol. The van der Waals surface area contributed by atoms with Crippen LogP contribution in [0.3, 0.4) is 0 Å². The molecule has 1 fully saturated rings. The molecule has 1 amide bonds. The number of alkyl halides is 1. The number of morpholine rings is 1. The molecule has 1 aliphatic rings. The maximum Gasteiger partial charge on any atom is 0.222 e. The van der Waals surface area contributed by atoms with Gasteiger partial charge in [0.25, 0.3) is 0 Å². The predicted octanol–water partition coefficient (Wildman–Crippen LogP) is 1.65. The van der Waals surface area contributed by atoms with Crippen LogP contribution < -0.4 is 0 Å². The largest absolute Gasteiger partial charge is 0.374 e. The highest BCUT2D eigenvalue weighted by molar-refractivity contribution is 9.09. The highest BCUT2D eigenvalue weighted by Gasteiger charge is 2.23. The first-order valence-electron chi connectivity index (χ1n) is 5.08. The van der Waals surface area contributed by atoms with Crippen molar-refractivity contribution in [3.05, 3.63) is 0 Å². The molecular weight excluding hydrogens is 246 g/mol. The molecule has 1 rings (SSSR count). The van der Waals surface area contributed by atoms with Gasteiger partial charge < -0.3 is 9.64 Å². The first kappa shape index (κ1) is 12.0. The van der Waals surface area contributed by atoms with Gasteiger partial charge in [0.1, 0.15) is 0 Å². The van der Waals surface area contributed by atoms with E-state index in [1.165, 1.54) is 0 Å². The molecule has 1 atom stereocenters. The summed E-state index contributed by atoms with van der Waals surface area (Å²) in [5, 5.41) is 0.804. The van der Waals surface area contributed by atoms with Gasteiger partial charge in [-0.15, -0.1) is 0 Å². The van der Waals surface area contributed by atoms with Crippen LogP contribution in [-0.4, -0.2) is 41.9 Å². The Labute approximate surface area is 93.9 Å². The standard InChI is InChI=1S/C10H18BrNO2/c1-8(2)5-10(13)12-3-4-14-9(6-11)7-12/h8-9H,3-7H2,1-2H3. The van der Waals surface area contributed by atoms with Gasteiger partial charge in [0, 0.05) is 24.8 Å². The lowest BCUT2D eigenvalue weighted by Crippen LogP contribution is -2.46. The Morgan fingerprint density at radius 3 is 2.93 bits per heavy atom. The van der Waals surface area contributed by atoms with Crippen molar-refractivity contribution in [3.8, 4) is 0 Å². The number of hydrogen-bond donors (Lipinski definition) is 0. The second-order valence-corrected chi connectivity index (χ2v) is 4.73. The van der Waals surface area contributed by atoms with E-state index in [9.17, 15) is 4.79 Å². The van der Waals surface area contributed by atoms with Crippen LogP contribution in [0.15, 0.2) is 0 Å². The van der Waals surface area contributed by atoms with Crippen LogP contribution in [-0.2, 0) is 9.53 Å². The second-order valence-electron chi connectivity index (χ2n) is 4.08. The molecule has 0 saturated carbocycles. The van der Waals surface area contributed by atoms with Gasteiger partial charge in [-0.05, 0) is 5.92 Å². The normalized spacial score (nSPS) is 22.9. The van der Waals surface area contributed by atoms with Crippen molar-refractivity contribution in [1.82, 2.24) is 4.90 Å². The molecule has 1 aliphatic heterocycles. The number of halogens is 1. The van der Waals surface area contributed by atoms with Crippen molar-refractivity contribution in [2.45, 2.75) is 26.4 Å². The van der Waals surface area contributed by atoms with Crippen LogP contribution in [0.2, 0.25) is 0 Å². The lowest BCUT2D eigenvalue weighted by atomic mass is 10.1. The van der Waals surface area contributed by atoms with Gasteiger partial charge in [-0.3, -0.25) is 4.79 Å². The zero-order valence-electron chi connectivity index (χ0n) is 8.83. The van der Waals surface area contributed by atoms with Gasteiger partial charge in [0.05, 0.1) is 12.7 Å². The highest BCUT2D eigenvalue weighted by atomic mass is 79.9. The average molecular weight is 264 g/mol. The van der Waals surface area contributed by atoms with Gasteiger partial charge >= 0.3 is 0 Å². The van der Waals surface area contributed by atoms with E-state index < -0.39 is 0 Å². The Kier molecular flexibility index (Phi) is 4.89. The maximum atomic E-state index is 11.7. The lowest BCUT2D eigenvalue weighted by molar-refractivity contribution is -0.138. The topological polar surface area (TPSA) is 29.5 Å². The van der Waals surface area contributed by atoms with Crippen molar-refractivity contribution < 1.29 is 9.53 Å². The second kappa shape index (κ2) is 5.71. The fourth-order valence-electron chi connectivity index (χ4n) is 1.52. The molecule has 0 aromatic heterocycles. The SMILES string of the molecule is CC(C)CC(=O)N1CCOC(CBr)C1. The first-order chi connectivity index (χ1) is 6.63. The van der Waals surface area contributed by atoms with Gasteiger partial charge in [0.15, 0.2) is 0 Å². The molecule has 0 aromatic rings. The van der Waals surface area contributed by atoms with Crippen LogP contribution in [0.1, 0.15) is 20.3 Å². The summed E-state index contributed by atoms with van der Waals surface area (Å²) in [6.07, 6.45) is 0.814. The number of ether oxygens (including phenoxy) is 1. The number of rotatable bonds is 3. The van der Waals surface area contributed by atoms with Gasteiger partial charge in [-0.25, -0.2) is 0 Å². The van der Waals surface area contributed by atoms with Crippen LogP contribution in [0.4, 0.5) is 0 Å². The summed E-state index contributed by atoms with van der Waals surface area (Å²) < 4.78 is 5.47. The Hall–Kier alpha value is -0.0900. The molecule has 82 valence electrons. The van der Waals surface area contributed by atoms with Crippen LogP contribution >= 0.6 is 15.9 Å². The third-order valence-corrected chi connectivity index (χ3v) is 2.97. The summed E-state index contributed by atoms with van der Waals surface area (Å²) >= 11 is 3.38. The minimum Gasteiger partial charge on any atom is -0.374 e. The summed E-state index contributed by atoms with van der Waals surface area (Å²) in [5.74, 6) is 0.696. The summed E-state index contributed by atoms with van der Waals surface area (Å²) in [5.41, 5.74) is 0. The third-order valence-electron chi connectivity index (χ3n) is 2.25. The Morgan fingerprint density at radius 2 is 2.36 bits per heavy atom. The maximum absolute atomic E-state index is 11.7. The number of carbonyl (C=O) groups excluding carboxylic acids is 1. The lowest BCUT2D eigenvalue weighted by Gasteiger charge is -2.32. The molecule has 14 heavy (non-hydrogen) atoms. The molecule has 4 heteroatoms.